The van der Waals surface area contributed by atoms with Crippen molar-refractivity contribution >= 4 is 29.9 Å². The maximum absolute atomic E-state index is 5.99. The Morgan fingerprint density at radius 2 is 1.85 bits per heavy atom. The molecule has 3 N–H and O–H groups in total. The van der Waals surface area contributed by atoms with E-state index in [2.05, 4.69) is 35.4 Å². The van der Waals surface area contributed by atoms with Crippen LogP contribution in [0.15, 0.2) is 47.5 Å². The van der Waals surface area contributed by atoms with Crippen molar-refractivity contribution in [2.24, 2.45) is 10.7 Å². The molecule has 2 rings (SSSR count). The van der Waals surface area contributed by atoms with Crippen LogP contribution < -0.4 is 20.5 Å². The highest BCUT2D eigenvalue weighted by Crippen LogP contribution is 2.22. The summed E-state index contributed by atoms with van der Waals surface area (Å²) in [5.74, 6) is 2.17. The van der Waals surface area contributed by atoms with Crippen LogP contribution in [0.5, 0.6) is 11.5 Å². The molecular weight excluding hydrogens is 453 g/mol. The Hall–Kier alpha value is -1.96. The van der Waals surface area contributed by atoms with Gasteiger partial charge in [0.25, 0.3) is 0 Å². The molecule has 0 saturated carbocycles. The molecule has 5 nitrogen and oxygen atoms in total. The van der Waals surface area contributed by atoms with Gasteiger partial charge in [-0.25, -0.2) is 4.99 Å². The molecule has 6 heteroatoms. The van der Waals surface area contributed by atoms with Gasteiger partial charge in [0, 0.05) is 12.1 Å². The largest absolute Gasteiger partial charge is 0.497 e. The van der Waals surface area contributed by atoms with Crippen molar-refractivity contribution in [3.63, 3.8) is 0 Å². The van der Waals surface area contributed by atoms with Crippen LogP contribution in [0.25, 0.3) is 0 Å². The van der Waals surface area contributed by atoms with E-state index in [1.54, 1.807) is 7.11 Å². The molecule has 0 aromatic heterocycles. The Morgan fingerprint density at radius 3 is 2.48 bits per heavy atom. The summed E-state index contributed by atoms with van der Waals surface area (Å²) in [7, 11) is 1.67. The van der Waals surface area contributed by atoms with Crippen LogP contribution in [0.4, 0.5) is 0 Å². The number of ether oxygens (including phenoxy) is 2. The summed E-state index contributed by atoms with van der Waals surface area (Å²) in [6.07, 6.45) is 0.992. The van der Waals surface area contributed by atoms with Crippen LogP contribution in [0.1, 0.15) is 30.5 Å². The fourth-order valence-electron chi connectivity index (χ4n) is 2.51. The van der Waals surface area contributed by atoms with Crippen molar-refractivity contribution in [3.05, 3.63) is 59.2 Å². The summed E-state index contributed by atoms with van der Waals surface area (Å²) in [5.41, 5.74) is 9.41. The Bertz CT molecular complexity index is 731. The van der Waals surface area contributed by atoms with Gasteiger partial charge in [0.05, 0.1) is 19.8 Å². The van der Waals surface area contributed by atoms with Crippen LogP contribution in [0, 0.1) is 6.92 Å². The van der Waals surface area contributed by atoms with Crippen molar-refractivity contribution in [2.75, 3.05) is 13.7 Å². The number of aliphatic imine (C=N–C) groups is 1. The standard InChI is InChI=1S/C21H29N3O2.HI/c1-15(2)26-20-13-16(3)5-8-18(20)14-24-21(22)23-12-11-17-6-9-19(25-4)10-7-17;/h5-10,13,15H,11-12,14H2,1-4H3,(H3,22,23,24);1H. The summed E-state index contributed by atoms with van der Waals surface area (Å²) in [5, 5.41) is 3.16. The maximum atomic E-state index is 5.99. The monoisotopic (exact) mass is 483 g/mol. The fourth-order valence-corrected chi connectivity index (χ4v) is 2.51. The van der Waals surface area contributed by atoms with Gasteiger partial charge in [-0.15, -0.1) is 24.0 Å². The molecule has 0 fully saturated rings. The summed E-state index contributed by atoms with van der Waals surface area (Å²) in [6, 6.07) is 14.2. The zero-order valence-electron chi connectivity index (χ0n) is 16.5. The first-order valence-electron chi connectivity index (χ1n) is 8.91. The number of aryl methyl sites for hydroxylation is 1. The first-order valence-corrected chi connectivity index (χ1v) is 8.91. The van der Waals surface area contributed by atoms with E-state index < -0.39 is 0 Å². The second kappa shape index (κ2) is 11.7. The van der Waals surface area contributed by atoms with E-state index in [4.69, 9.17) is 15.2 Å². The minimum atomic E-state index is 0. The molecule has 0 radical (unpaired) electrons. The molecule has 0 aliphatic carbocycles. The predicted octanol–water partition coefficient (Wildman–Crippen LogP) is 4.06. The smallest absolute Gasteiger partial charge is 0.188 e. The van der Waals surface area contributed by atoms with E-state index in [1.165, 1.54) is 11.1 Å². The first-order chi connectivity index (χ1) is 12.5. The summed E-state index contributed by atoms with van der Waals surface area (Å²) in [6.45, 7) is 7.30. The van der Waals surface area contributed by atoms with Crippen LogP contribution in [0.2, 0.25) is 0 Å². The lowest BCUT2D eigenvalue weighted by atomic mass is 10.1. The number of nitrogens with two attached hydrogens (primary N) is 1. The van der Waals surface area contributed by atoms with E-state index in [0.29, 0.717) is 12.5 Å². The van der Waals surface area contributed by atoms with Crippen molar-refractivity contribution in [3.8, 4) is 11.5 Å². The number of rotatable bonds is 8. The molecule has 0 atom stereocenters. The highest BCUT2D eigenvalue weighted by molar-refractivity contribution is 14.0. The first kappa shape index (κ1) is 23.1. The van der Waals surface area contributed by atoms with Gasteiger partial charge in [-0.2, -0.15) is 0 Å². The van der Waals surface area contributed by atoms with Gasteiger partial charge in [-0.05, 0) is 56.5 Å². The molecule has 0 unspecified atom stereocenters. The van der Waals surface area contributed by atoms with Crippen molar-refractivity contribution in [2.45, 2.75) is 39.8 Å². The third-order valence-corrected chi connectivity index (χ3v) is 3.88. The number of guanidine groups is 1. The normalized spacial score (nSPS) is 11.1. The van der Waals surface area contributed by atoms with Gasteiger partial charge in [-0.1, -0.05) is 24.3 Å². The third kappa shape index (κ3) is 8.07. The molecule has 148 valence electrons. The van der Waals surface area contributed by atoms with Gasteiger partial charge in [0.2, 0.25) is 0 Å². The van der Waals surface area contributed by atoms with Crippen LogP contribution in [-0.2, 0) is 13.0 Å². The molecule has 0 saturated heterocycles. The molecule has 0 heterocycles. The van der Waals surface area contributed by atoms with Crippen molar-refractivity contribution in [1.82, 2.24) is 5.32 Å². The third-order valence-electron chi connectivity index (χ3n) is 3.88. The average Bonchev–Trinajstić information content (AvgIpc) is 2.61. The minimum absolute atomic E-state index is 0. The summed E-state index contributed by atoms with van der Waals surface area (Å²) < 4.78 is 11.0. The van der Waals surface area contributed by atoms with Gasteiger partial charge in [-0.3, -0.25) is 0 Å². The van der Waals surface area contributed by atoms with Crippen LogP contribution >= 0.6 is 24.0 Å². The van der Waals surface area contributed by atoms with E-state index >= 15 is 0 Å². The molecule has 2 aromatic carbocycles. The van der Waals surface area contributed by atoms with Crippen molar-refractivity contribution < 1.29 is 9.47 Å². The quantitative estimate of drug-likeness (QED) is 0.338. The molecule has 0 spiro atoms. The number of hydrogen-bond acceptors (Lipinski definition) is 3. The van der Waals surface area contributed by atoms with E-state index in [0.717, 1.165) is 30.0 Å². The van der Waals surface area contributed by atoms with E-state index in [9.17, 15) is 0 Å². The molecule has 2 aromatic rings. The predicted molar refractivity (Wildman–Crippen MR) is 122 cm³/mol. The van der Waals surface area contributed by atoms with Crippen LogP contribution in [0.3, 0.4) is 0 Å². The molecule has 0 aliphatic heterocycles. The highest BCUT2D eigenvalue weighted by atomic mass is 127. The number of methoxy groups -OCH3 is 1. The topological polar surface area (TPSA) is 68.9 Å². The lowest BCUT2D eigenvalue weighted by molar-refractivity contribution is 0.240. The number of hydrogen-bond donors (Lipinski definition) is 2. The number of halogens is 1. The number of benzene rings is 2. The SMILES string of the molecule is COc1ccc(CCNC(N)=NCc2ccc(C)cc2OC(C)C)cc1.I. The second-order valence-corrected chi connectivity index (χ2v) is 6.50. The van der Waals surface area contributed by atoms with E-state index in [1.807, 2.05) is 38.1 Å². The van der Waals surface area contributed by atoms with Crippen molar-refractivity contribution in [1.29, 1.82) is 0 Å². The maximum Gasteiger partial charge on any atom is 0.188 e. The average molecular weight is 483 g/mol. The zero-order chi connectivity index (χ0) is 18.9. The molecule has 0 amide bonds. The molecule has 0 bridgehead atoms. The Labute approximate surface area is 179 Å². The number of nitrogens with one attached hydrogen (secondary N) is 1. The Morgan fingerprint density at radius 1 is 1.15 bits per heavy atom. The van der Waals surface area contributed by atoms with Gasteiger partial charge < -0.3 is 20.5 Å². The molecule has 27 heavy (non-hydrogen) atoms. The Kier molecular flexibility index (Phi) is 9.99. The second-order valence-electron chi connectivity index (χ2n) is 6.50. The lowest BCUT2D eigenvalue weighted by Crippen LogP contribution is -2.33. The summed E-state index contributed by atoms with van der Waals surface area (Å²) in [4.78, 5) is 4.43. The highest BCUT2D eigenvalue weighted by Gasteiger charge is 2.06. The fraction of sp³-hybridized carbons (Fsp3) is 0.381. The Balaban J connectivity index is 0.00000364. The van der Waals surface area contributed by atoms with E-state index in [-0.39, 0.29) is 30.1 Å². The summed E-state index contributed by atoms with van der Waals surface area (Å²) >= 11 is 0. The lowest BCUT2D eigenvalue weighted by Gasteiger charge is -2.14. The zero-order valence-corrected chi connectivity index (χ0v) is 18.8. The van der Waals surface area contributed by atoms with Gasteiger partial charge in [0.15, 0.2) is 5.96 Å². The number of nitrogens with zero attached hydrogens (tertiary/aromatic N) is 1. The molecular formula is C21H30IN3O2. The van der Waals surface area contributed by atoms with Gasteiger partial charge >= 0.3 is 0 Å². The van der Waals surface area contributed by atoms with Gasteiger partial charge in [0.1, 0.15) is 11.5 Å². The minimum Gasteiger partial charge on any atom is -0.497 e. The van der Waals surface area contributed by atoms with Crippen LogP contribution in [-0.4, -0.2) is 25.7 Å². The molecule has 0 aliphatic rings.